The van der Waals surface area contributed by atoms with Gasteiger partial charge >= 0.3 is 6.18 Å². The highest BCUT2D eigenvalue weighted by Gasteiger charge is 2.36. The molecule has 0 bridgehead atoms. The van der Waals surface area contributed by atoms with Gasteiger partial charge in [0.1, 0.15) is 11.6 Å². The Balaban J connectivity index is 1.59. The van der Waals surface area contributed by atoms with Crippen LogP contribution in [0.2, 0.25) is 5.02 Å². The number of likely N-dealkylation sites (tertiary alicyclic amines) is 1. The van der Waals surface area contributed by atoms with Gasteiger partial charge in [0.25, 0.3) is 11.8 Å². The van der Waals surface area contributed by atoms with Crippen molar-refractivity contribution in [2.24, 2.45) is 0 Å². The molecule has 208 valence electrons. The number of carbonyl (C=O) groups excluding carboxylic acids is 3. The Hall–Kier alpha value is -4.19. The predicted octanol–water partition coefficient (Wildman–Crippen LogP) is 5.36. The molecule has 2 atom stereocenters. The Morgan fingerprint density at radius 1 is 1.05 bits per heavy atom. The number of benzene rings is 3. The number of nitrogens with zero attached hydrogens (tertiary/aromatic N) is 1. The van der Waals surface area contributed by atoms with Crippen molar-refractivity contribution in [3.05, 3.63) is 93.0 Å². The van der Waals surface area contributed by atoms with E-state index in [4.69, 9.17) is 11.6 Å². The largest absolute Gasteiger partial charge is 0.416 e. The van der Waals surface area contributed by atoms with Gasteiger partial charge in [0.2, 0.25) is 5.91 Å². The number of rotatable bonds is 5. The molecule has 1 fully saturated rings. The third-order valence-corrected chi connectivity index (χ3v) is 7.05. The topological polar surface area (TPSA) is 90.5 Å². The Morgan fingerprint density at radius 2 is 1.80 bits per heavy atom. The van der Waals surface area contributed by atoms with Gasteiger partial charge in [-0.25, -0.2) is 8.78 Å². The Bertz CT molecular complexity index is 1560. The third kappa shape index (κ3) is 5.31. The zero-order valence-electron chi connectivity index (χ0n) is 20.6. The number of carbonyl (C=O) groups is 3. The second-order valence-electron chi connectivity index (χ2n) is 9.56. The van der Waals surface area contributed by atoms with Crippen LogP contribution in [0.15, 0.2) is 48.5 Å². The summed E-state index contributed by atoms with van der Waals surface area (Å²) in [6.07, 6.45) is -4.73. The van der Waals surface area contributed by atoms with E-state index in [1.165, 1.54) is 23.1 Å². The molecule has 0 aromatic heterocycles. The van der Waals surface area contributed by atoms with Crippen LogP contribution < -0.4 is 16.0 Å². The molecule has 0 radical (unpaired) electrons. The van der Waals surface area contributed by atoms with Crippen LogP contribution in [0.4, 0.5) is 33.3 Å². The van der Waals surface area contributed by atoms with E-state index in [2.05, 4.69) is 16.0 Å². The minimum absolute atomic E-state index is 0.0100. The molecule has 2 aliphatic rings. The van der Waals surface area contributed by atoms with E-state index in [0.717, 1.165) is 12.1 Å². The molecule has 3 amide bonds. The lowest BCUT2D eigenvalue weighted by Gasteiger charge is -2.20. The van der Waals surface area contributed by atoms with Crippen molar-refractivity contribution in [2.75, 3.05) is 24.2 Å². The summed E-state index contributed by atoms with van der Waals surface area (Å²) in [5.74, 6) is -3.66. The van der Waals surface area contributed by atoms with E-state index in [9.17, 15) is 36.3 Å². The molecule has 1 unspecified atom stereocenters. The van der Waals surface area contributed by atoms with Crippen molar-refractivity contribution < 1.29 is 36.3 Å². The SMILES string of the molecule is CN1C[C@H](Nc2cc(NC(=O)c3cc(F)cc(C(F)(F)F)c3)c3c(c2)C(=O)NC3c2cc(F)ccc2Cl)CC1=O. The molecule has 5 rings (SSSR count). The number of likely N-dealkylation sites (N-methyl/N-ethyl adjacent to an activating group) is 1. The molecular formula is C27H20ClF5N4O3. The smallest absolute Gasteiger partial charge is 0.380 e. The first-order valence-electron chi connectivity index (χ1n) is 11.9. The molecule has 13 heteroatoms. The maximum atomic E-state index is 14.1. The summed E-state index contributed by atoms with van der Waals surface area (Å²) < 4.78 is 67.9. The highest BCUT2D eigenvalue weighted by molar-refractivity contribution is 6.31. The van der Waals surface area contributed by atoms with E-state index in [0.29, 0.717) is 24.4 Å². The van der Waals surface area contributed by atoms with Gasteiger partial charge in [0.15, 0.2) is 0 Å². The maximum absolute atomic E-state index is 14.1. The zero-order valence-corrected chi connectivity index (χ0v) is 21.4. The first kappa shape index (κ1) is 27.4. The predicted molar refractivity (Wildman–Crippen MR) is 136 cm³/mol. The van der Waals surface area contributed by atoms with Crippen LogP contribution in [0.1, 0.15) is 49.9 Å². The van der Waals surface area contributed by atoms with Crippen molar-refractivity contribution in [2.45, 2.75) is 24.7 Å². The molecule has 3 aromatic rings. The molecule has 0 aliphatic carbocycles. The van der Waals surface area contributed by atoms with Crippen molar-refractivity contribution in [3.63, 3.8) is 0 Å². The number of halogens is 6. The van der Waals surface area contributed by atoms with Crippen molar-refractivity contribution >= 4 is 40.7 Å². The van der Waals surface area contributed by atoms with Crippen LogP contribution >= 0.6 is 11.6 Å². The molecule has 2 aliphatic heterocycles. The minimum Gasteiger partial charge on any atom is -0.380 e. The van der Waals surface area contributed by atoms with Crippen LogP contribution in [-0.4, -0.2) is 42.3 Å². The monoisotopic (exact) mass is 578 g/mol. The standard InChI is InChI=1S/C27H20ClF5N4O3/c1-37-11-17(10-22(37)38)34-16-8-19-23(24(36-26(19)40)18-7-14(29)2-3-20(18)28)21(9-16)35-25(39)12-4-13(27(31,32)33)6-15(30)5-12/h2-9,17,24,34H,10-11H2,1H3,(H,35,39)(H,36,40)/t17-,24?/m1/s1. The van der Waals surface area contributed by atoms with Gasteiger partial charge < -0.3 is 20.9 Å². The lowest BCUT2D eigenvalue weighted by Crippen LogP contribution is -2.24. The van der Waals surface area contributed by atoms with Gasteiger partial charge in [0, 0.05) is 58.7 Å². The quantitative estimate of drug-likeness (QED) is 0.355. The molecule has 7 nitrogen and oxygen atoms in total. The average molecular weight is 579 g/mol. The number of alkyl halides is 3. The Labute approximate surface area is 229 Å². The Morgan fingerprint density at radius 3 is 2.48 bits per heavy atom. The molecule has 0 saturated carbocycles. The summed E-state index contributed by atoms with van der Waals surface area (Å²) in [4.78, 5) is 39.6. The zero-order chi connectivity index (χ0) is 28.9. The lowest BCUT2D eigenvalue weighted by molar-refractivity contribution is -0.137. The number of fused-ring (bicyclic) bond motifs is 1. The number of amides is 3. The van der Waals surface area contributed by atoms with E-state index in [1.807, 2.05) is 0 Å². The molecule has 3 aromatic carbocycles. The van der Waals surface area contributed by atoms with Crippen molar-refractivity contribution in [3.8, 4) is 0 Å². The van der Waals surface area contributed by atoms with Crippen LogP contribution in [0.5, 0.6) is 0 Å². The summed E-state index contributed by atoms with van der Waals surface area (Å²) >= 11 is 6.29. The van der Waals surface area contributed by atoms with Gasteiger partial charge in [-0.15, -0.1) is 0 Å². The average Bonchev–Trinajstić information content (AvgIpc) is 3.37. The van der Waals surface area contributed by atoms with Crippen molar-refractivity contribution in [1.29, 1.82) is 0 Å². The fourth-order valence-electron chi connectivity index (χ4n) is 4.86. The fourth-order valence-corrected chi connectivity index (χ4v) is 5.09. The highest BCUT2D eigenvalue weighted by Crippen LogP contribution is 2.41. The number of nitrogens with one attached hydrogen (secondary N) is 3. The normalized spacial score (nSPS) is 18.5. The summed E-state index contributed by atoms with van der Waals surface area (Å²) in [5.41, 5.74) is -1.20. The summed E-state index contributed by atoms with van der Waals surface area (Å²) in [7, 11) is 1.63. The minimum atomic E-state index is -4.90. The second kappa shape index (κ2) is 10.1. The first-order valence-corrected chi connectivity index (χ1v) is 12.3. The van der Waals surface area contributed by atoms with Gasteiger partial charge in [-0.3, -0.25) is 14.4 Å². The summed E-state index contributed by atoms with van der Waals surface area (Å²) in [6.45, 7) is 0.370. The summed E-state index contributed by atoms with van der Waals surface area (Å²) in [6, 6.07) is 6.53. The van der Waals surface area contributed by atoms with E-state index in [1.54, 1.807) is 7.05 Å². The fraction of sp³-hybridized carbons (Fsp3) is 0.222. The molecule has 40 heavy (non-hydrogen) atoms. The molecule has 0 spiro atoms. The first-order chi connectivity index (χ1) is 18.8. The van der Waals surface area contributed by atoms with Crippen LogP contribution in [0.3, 0.4) is 0 Å². The number of hydrogen-bond donors (Lipinski definition) is 3. The molecule has 3 N–H and O–H groups in total. The molecular weight excluding hydrogens is 559 g/mol. The third-order valence-electron chi connectivity index (χ3n) is 6.71. The second-order valence-corrected chi connectivity index (χ2v) is 9.96. The van der Waals surface area contributed by atoms with Gasteiger partial charge in [-0.2, -0.15) is 13.2 Å². The van der Waals surface area contributed by atoms with Crippen LogP contribution in [0, 0.1) is 11.6 Å². The van der Waals surface area contributed by atoms with Crippen LogP contribution in [-0.2, 0) is 11.0 Å². The van der Waals surface area contributed by atoms with Gasteiger partial charge in [-0.05, 0) is 48.5 Å². The molecule has 2 heterocycles. The lowest BCUT2D eigenvalue weighted by atomic mass is 9.95. The maximum Gasteiger partial charge on any atom is 0.416 e. The Kier molecular flexibility index (Phi) is 6.90. The summed E-state index contributed by atoms with van der Waals surface area (Å²) in [5, 5.41) is 8.42. The highest BCUT2D eigenvalue weighted by atomic mass is 35.5. The molecule has 1 saturated heterocycles. The van der Waals surface area contributed by atoms with Gasteiger partial charge in [0.05, 0.1) is 17.6 Å². The van der Waals surface area contributed by atoms with E-state index < -0.39 is 46.8 Å². The van der Waals surface area contributed by atoms with E-state index >= 15 is 0 Å². The van der Waals surface area contributed by atoms with E-state index in [-0.39, 0.29) is 51.8 Å². The number of hydrogen-bond acceptors (Lipinski definition) is 4. The number of anilines is 2. The van der Waals surface area contributed by atoms with Crippen molar-refractivity contribution in [1.82, 2.24) is 10.2 Å². The van der Waals surface area contributed by atoms with Gasteiger partial charge in [-0.1, -0.05) is 11.6 Å². The van der Waals surface area contributed by atoms with Crippen LogP contribution in [0.25, 0.3) is 0 Å².